The van der Waals surface area contributed by atoms with Crippen LogP contribution in [0.5, 0.6) is 5.75 Å². The molecule has 0 amide bonds. The lowest BCUT2D eigenvalue weighted by molar-refractivity contribution is -0.164. The lowest BCUT2D eigenvalue weighted by atomic mass is 10.2. The van der Waals surface area contributed by atoms with E-state index in [1.807, 2.05) is 6.07 Å². The first-order valence-electron chi connectivity index (χ1n) is 8.37. The minimum atomic E-state index is -4.18. The van der Waals surface area contributed by atoms with E-state index in [2.05, 4.69) is 0 Å². The van der Waals surface area contributed by atoms with Crippen LogP contribution in [-0.4, -0.2) is 51.2 Å². The van der Waals surface area contributed by atoms with Gasteiger partial charge in [-0.05, 0) is 24.3 Å². The molecule has 2 aromatic carbocycles. The van der Waals surface area contributed by atoms with Crippen molar-refractivity contribution in [1.29, 1.82) is 0 Å². The van der Waals surface area contributed by atoms with Gasteiger partial charge in [0, 0.05) is 13.5 Å². The Morgan fingerprint density at radius 2 is 1.63 bits per heavy atom. The van der Waals surface area contributed by atoms with Crippen LogP contribution in [0.2, 0.25) is 0 Å². The van der Waals surface area contributed by atoms with Gasteiger partial charge in [-0.15, -0.1) is 5.06 Å². The number of methoxy groups -OCH3 is 2. The molecule has 1 heterocycles. The van der Waals surface area contributed by atoms with Gasteiger partial charge in [0.15, 0.2) is 0 Å². The van der Waals surface area contributed by atoms with Crippen molar-refractivity contribution in [2.24, 2.45) is 0 Å². The number of hydroxylamine groups is 2. The highest BCUT2D eigenvalue weighted by Gasteiger charge is 2.64. The van der Waals surface area contributed by atoms with Crippen LogP contribution in [-0.2, 0) is 24.1 Å². The number of esters is 1. The third-order valence-electron chi connectivity index (χ3n) is 4.57. The van der Waals surface area contributed by atoms with E-state index >= 15 is 0 Å². The molecule has 1 fully saturated rings. The summed E-state index contributed by atoms with van der Waals surface area (Å²) in [5.41, 5.74) is 0. The fourth-order valence-corrected chi connectivity index (χ4v) is 5.17. The first kappa shape index (κ1) is 19.3. The van der Waals surface area contributed by atoms with Gasteiger partial charge in [0.2, 0.25) is 9.84 Å². The number of carbonyl (C=O) groups excluding carboxylic acids is 1. The molecule has 0 radical (unpaired) electrons. The summed E-state index contributed by atoms with van der Waals surface area (Å²) in [6, 6.07) is 16.5. The lowest BCUT2D eigenvalue weighted by Crippen LogP contribution is -2.58. The van der Waals surface area contributed by atoms with Crippen LogP contribution in [0.4, 0.5) is 0 Å². The standard InChI is InChI=1S/C19H21NO6S/c1-24-16-13-19(18(21)25-2,27(22,23)17-11-7-4-8-12-17)20(14-16)26-15-9-5-3-6-10-15/h3-12,16H,13-14H2,1-2H3/t16-,19+/m0/s1. The van der Waals surface area contributed by atoms with Crippen LogP contribution in [0.15, 0.2) is 65.6 Å². The van der Waals surface area contributed by atoms with Crippen LogP contribution in [0.3, 0.4) is 0 Å². The maximum absolute atomic E-state index is 13.5. The third-order valence-corrected chi connectivity index (χ3v) is 6.89. The Bertz CT molecular complexity index is 887. The molecule has 8 heteroatoms. The van der Waals surface area contributed by atoms with Crippen LogP contribution in [0.1, 0.15) is 6.42 Å². The van der Waals surface area contributed by atoms with E-state index in [9.17, 15) is 13.2 Å². The average Bonchev–Trinajstić information content (AvgIpc) is 3.09. The van der Waals surface area contributed by atoms with Gasteiger partial charge < -0.3 is 14.3 Å². The van der Waals surface area contributed by atoms with Gasteiger partial charge in [-0.2, -0.15) is 0 Å². The largest absolute Gasteiger partial charge is 0.467 e. The predicted molar refractivity (Wildman–Crippen MR) is 97.6 cm³/mol. The fourth-order valence-electron chi connectivity index (χ4n) is 3.18. The molecule has 144 valence electrons. The van der Waals surface area contributed by atoms with Crippen molar-refractivity contribution in [3.63, 3.8) is 0 Å². The van der Waals surface area contributed by atoms with Gasteiger partial charge in [0.1, 0.15) is 5.75 Å². The van der Waals surface area contributed by atoms with Gasteiger partial charge in [-0.25, -0.2) is 13.2 Å². The van der Waals surface area contributed by atoms with Crippen LogP contribution >= 0.6 is 0 Å². The van der Waals surface area contributed by atoms with Crippen molar-refractivity contribution >= 4 is 15.8 Å². The van der Waals surface area contributed by atoms with E-state index in [1.54, 1.807) is 42.5 Å². The first-order valence-corrected chi connectivity index (χ1v) is 9.85. The minimum absolute atomic E-state index is 0.00816. The fraction of sp³-hybridized carbons (Fsp3) is 0.316. The van der Waals surface area contributed by atoms with Gasteiger partial charge in [-0.1, -0.05) is 36.4 Å². The molecule has 0 spiro atoms. The average molecular weight is 391 g/mol. The highest BCUT2D eigenvalue weighted by molar-refractivity contribution is 7.93. The maximum atomic E-state index is 13.5. The Hall–Kier alpha value is -2.42. The number of nitrogens with zero attached hydrogens (tertiary/aromatic N) is 1. The van der Waals surface area contributed by atoms with E-state index < -0.39 is 26.8 Å². The molecule has 2 aromatic rings. The van der Waals surface area contributed by atoms with Crippen molar-refractivity contribution in [3.8, 4) is 5.75 Å². The number of carbonyl (C=O) groups is 1. The summed E-state index contributed by atoms with van der Waals surface area (Å²) < 4.78 is 37.4. The zero-order chi connectivity index (χ0) is 19.5. The van der Waals surface area contributed by atoms with Crippen molar-refractivity contribution in [3.05, 3.63) is 60.7 Å². The molecule has 0 aliphatic carbocycles. The Morgan fingerprint density at radius 3 is 2.19 bits per heavy atom. The summed E-state index contributed by atoms with van der Waals surface area (Å²) in [6.45, 7) is 0.0898. The normalized spacial score (nSPS) is 23.1. The molecule has 0 bridgehead atoms. The quantitative estimate of drug-likeness (QED) is 0.697. The van der Waals surface area contributed by atoms with Crippen molar-refractivity contribution in [2.45, 2.75) is 22.3 Å². The number of para-hydroxylation sites is 1. The second kappa shape index (κ2) is 7.67. The number of hydrogen-bond acceptors (Lipinski definition) is 7. The lowest BCUT2D eigenvalue weighted by Gasteiger charge is -2.33. The van der Waals surface area contributed by atoms with Crippen molar-refractivity contribution in [2.75, 3.05) is 20.8 Å². The number of benzene rings is 2. The molecular weight excluding hydrogens is 370 g/mol. The van der Waals surface area contributed by atoms with Gasteiger partial charge in [0.25, 0.3) is 4.87 Å². The molecule has 2 atom stereocenters. The molecule has 0 unspecified atom stereocenters. The van der Waals surface area contributed by atoms with E-state index in [1.165, 1.54) is 19.2 Å². The summed E-state index contributed by atoms with van der Waals surface area (Å²) in [5, 5.41) is 1.16. The number of ether oxygens (including phenoxy) is 2. The molecule has 0 saturated carbocycles. The predicted octanol–water partition coefficient (Wildman–Crippen LogP) is 2.04. The van der Waals surface area contributed by atoms with Gasteiger partial charge in [0.05, 0.1) is 24.7 Å². The summed E-state index contributed by atoms with van der Waals surface area (Å²) >= 11 is 0. The molecule has 3 rings (SSSR count). The first-order chi connectivity index (χ1) is 13.0. The molecule has 1 saturated heterocycles. The maximum Gasteiger partial charge on any atom is 0.346 e. The van der Waals surface area contributed by atoms with Gasteiger partial charge >= 0.3 is 5.97 Å². The molecular formula is C19H21NO6S. The highest BCUT2D eigenvalue weighted by atomic mass is 32.2. The third kappa shape index (κ3) is 3.31. The second-order valence-electron chi connectivity index (χ2n) is 6.12. The van der Waals surface area contributed by atoms with Crippen LogP contribution < -0.4 is 4.84 Å². The van der Waals surface area contributed by atoms with Crippen molar-refractivity contribution < 1.29 is 27.5 Å². The van der Waals surface area contributed by atoms with Crippen molar-refractivity contribution in [1.82, 2.24) is 5.06 Å². The summed E-state index contributed by atoms with van der Waals surface area (Å²) in [4.78, 5) is 16.6. The molecule has 0 N–H and O–H groups in total. The second-order valence-corrected chi connectivity index (χ2v) is 8.27. The molecule has 0 aromatic heterocycles. The Balaban J connectivity index is 2.13. The van der Waals surface area contributed by atoms with E-state index in [-0.39, 0.29) is 17.9 Å². The van der Waals surface area contributed by atoms with Gasteiger partial charge in [-0.3, -0.25) is 0 Å². The number of hydrogen-bond donors (Lipinski definition) is 0. The zero-order valence-electron chi connectivity index (χ0n) is 15.1. The zero-order valence-corrected chi connectivity index (χ0v) is 15.9. The van der Waals surface area contributed by atoms with E-state index in [4.69, 9.17) is 14.3 Å². The SMILES string of the molecule is COC(=O)[C@]1(S(=O)(=O)c2ccccc2)C[C@H](OC)CN1Oc1ccccc1. The topological polar surface area (TPSA) is 82.1 Å². The Morgan fingerprint density at radius 1 is 1.04 bits per heavy atom. The minimum Gasteiger partial charge on any atom is -0.467 e. The Kier molecular flexibility index (Phi) is 5.50. The Labute approximate surface area is 158 Å². The van der Waals surface area contributed by atoms with Crippen LogP contribution in [0.25, 0.3) is 0 Å². The monoisotopic (exact) mass is 391 g/mol. The molecule has 27 heavy (non-hydrogen) atoms. The highest BCUT2D eigenvalue weighted by Crippen LogP contribution is 2.41. The molecule has 7 nitrogen and oxygen atoms in total. The summed E-state index contributed by atoms with van der Waals surface area (Å²) in [6.07, 6.45) is -0.633. The van der Waals surface area contributed by atoms with E-state index in [0.29, 0.717) is 5.75 Å². The summed E-state index contributed by atoms with van der Waals surface area (Å²) in [5.74, 6) is -0.507. The van der Waals surface area contributed by atoms with E-state index in [0.717, 1.165) is 12.2 Å². The van der Waals surface area contributed by atoms with Crippen LogP contribution in [0, 0.1) is 0 Å². The number of rotatable bonds is 6. The smallest absolute Gasteiger partial charge is 0.346 e. The summed E-state index contributed by atoms with van der Waals surface area (Å²) in [7, 11) is -1.55. The molecule has 1 aliphatic heterocycles. The number of sulfone groups is 1. The molecule has 1 aliphatic rings.